The molecular weight excluding hydrogens is 359 g/mol. The molecule has 150 valence electrons. The van der Waals surface area contributed by atoms with E-state index in [-0.39, 0.29) is 11.7 Å². The molecule has 0 aromatic heterocycles. The smallest absolute Gasteiger partial charge is 0.255 e. The van der Waals surface area contributed by atoms with Gasteiger partial charge in [0.05, 0.1) is 18.9 Å². The summed E-state index contributed by atoms with van der Waals surface area (Å²) in [5.74, 6) is 0.459. The van der Waals surface area contributed by atoms with Crippen molar-refractivity contribution in [1.82, 2.24) is 0 Å². The molecule has 1 aliphatic heterocycles. The van der Waals surface area contributed by atoms with Crippen molar-refractivity contribution < 1.29 is 18.7 Å². The second-order valence-corrected chi connectivity index (χ2v) is 6.73. The van der Waals surface area contributed by atoms with Crippen LogP contribution in [-0.2, 0) is 0 Å². The third kappa shape index (κ3) is 4.94. The minimum atomic E-state index is -0.340. The monoisotopic (exact) mass is 386 g/mol. The molecular formula is C22H27FN2O3. The van der Waals surface area contributed by atoms with E-state index >= 15 is 0 Å². The van der Waals surface area contributed by atoms with E-state index in [4.69, 9.17) is 9.47 Å². The molecule has 0 unspecified atom stereocenters. The zero-order chi connectivity index (χ0) is 19.9. The van der Waals surface area contributed by atoms with E-state index in [0.29, 0.717) is 41.7 Å². The van der Waals surface area contributed by atoms with Crippen LogP contribution in [0, 0.1) is 5.82 Å². The molecule has 3 rings (SSSR count). The number of nitrogens with one attached hydrogen (secondary N) is 1. The maximum atomic E-state index is 14.6. The fraction of sp³-hybridized carbons (Fsp3) is 0.409. The first-order valence-corrected chi connectivity index (χ1v) is 9.87. The van der Waals surface area contributed by atoms with E-state index in [2.05, 4.69) is 10.2 Å². The van der Waals surface area contributed by atoms with Crippen LogP contribution in [0.5, 0.6) is 11.5 Å². The third-order valence-electron chi connectivity index (χ3n) is 4.67. The Morgan fingerprint density at radius 1 is 1.00 bits per heavy atom. The standard InChI is InChI=1S/C22H27FN2O3/c1-3-27-18-12-16(13-19(15-18)28-4-2)22(26)24-17-8-9-21(20(23)14-17)25-10-6-5-7-11-25/h8-9,12-15H,3-7,10-11H2,1-2H3,(H,24,26). The number of nitrogens with zero attached hydrogens (tertiary/aromatic N) is 1. The molecule has 0 radical (unpaired) electrons. The SMILES string of the molecule is CCOc1cc(OCC)cc(C(=O)Nc2ccc(N3CCCCC3)c(F)c2)c1. The third-order valence-corrected chi connectivity index (χ3v) is 4.67. The van der Waals surface area contributed by atoms with Crippen molar-refractivity contribution in [2.24, 2.45) is 0 Å². The number of anilines is 2. The minimum Gasteiger partial charge on any atom is -0.494 e. The first-order valence-electron chi connectivity index (χ1n) is 9.87. The Morgan fingerprint density at radius 3 is 2.21 bits per heavy atom. The van der Waals surface area contributed by atoms with E-state index in [1.165, 1.54) is 12.5 Å². The lowest BCUT2D eigenvalue weighted by molar-refractivity contribution is 0.102. The number of amides is 1. The van der Waals surface area contributed by atoms with Gasteiger partial charge in [0.15, 0.2) is 0 Å². The summed E-state index contributed by atoms with van der Waals surface area (Å²) in [6, 6.07) is 9.90. The molecule has 0 atom stereocenters. The van der Waals surface area contributed by atoms with Gasteiger partial charge in [-0.2, -0.15) is 0 Å². The molecule has 0 bridgehead atoms. The molecule has 0 aliphatic carbocycles. The Labute approximate surface area is 165 Å². The van der Waals surface area contributed by atoms with Gasteiger partial charge in [0.2, 0.25) is 0 Å². The Kier molecular flexibility index (Phi) is 6.74. The van der Waals surface area contributed by atoms with Crippen molar-refractivity contribution in [3.63, 3.8) is 0 Å². The Hall–Kier alpha value is -2.76. The zero-order valence-electron chi connectivity index (χ0n) is 16.5. The van der Waals surface area contributed by atoms with E-state index < -0.39 is 0 Å². The summed E-state index contributed by atoms with van der Waals surface area (Å²) < 4.78 is 25.6. The van der Waals surface area contributed by atoms with Crippen LogP contribution in [0.1, 0.15) is 43.5 Å². The van der Waals surface area contributed by atoms with Crippen molar-refractivity contribution in [3.05, 3.63) is 47.8 Å². The highest BCUT2D eigenvalue weighted by Gasteiger charge is 2.16. The van der Waals surface area contributed by atoms with Crippen LogP contribution in [0.4, 0.5) is 15.8 Å². The first-order chi connectivity index (χ1) is 13.6. The van der Waals surface area contributed by atoms with Crippen LogP contribution in [0.25, 0.3) is 0 Å². The van der Waals surface area contributed by atoms with Gasteiger partial charge in [0.1, 0.15) is 17.3 Å². The lowest BCUT2D eigenvalue weighted by atomic mass is 10.1. The predicted molar refractivity (Wildman–Crippen MR) is 109 cm³/mol. The summed E-state index contributed by atoms with van der Waals surface area (Å²) in [7, 11) is 0. The van der Waals surface area contributed by atoms with Gasteiger partial charge in [0, 0.05) is 30.4 Å². The highest BCUT2D eigenvalue weighted by atomic mass is 19.1. The molecule has 1 fully saturated rings. The Balaban J connectivity index is 1.76. The highest BCUT2D eigenvalue weighted by molar-refractivity contribution is 6.04. The number of hydrogen-bond acceptors (Lipinski definition) is 4. The van der Waals surface area contributed by atoms with Gasteiger partial charge < -0.3 is 19.7 Å². The largest absolute Gasteiger partial charge is 0.494 e. The van der Waals surface area contributed by atoms with Gasteiger partial charge in [-0.05, 0) is 63.4 Å². The topological polar surface area (TPSA) is 50.8 Å². The second kappa shape index (κ2) is 9.44. The van der Waals surface area contributed by atoms with E-state index in [1.54, 1.807) is 30.3 Å². The molecule has 2 aromatic carbocycles. The predicted octanol–water partition coefficient (Wildman–Crippen LogP) is 4.87. The molecule has 6 heteroatoms. The summed E-state index contributed by atoms with van der Waals surface area (Å²) in [5.41, 5.74) is 1.41. The number of piperidine rings is 1. The number of halogens is 1. The highest BCUT2D eigenvalue weighted by Crippen LogP contribution is 2.27. The van der Waals surface area contributed by atoms with Crippen molar-refractivity contribution in [1.29, 1.82) is 0 Å². The number of carbonyl (C=O) groups is 1. The van der Waals surface area contributed by atoms with E-state index in [0.717, 1.165) is 25.9 Å². The molecule has 1 aliphatic rings. The lowest BCUT2D eigenvalue weighted by Crippen LogP contribution is -2.30. The van der Waals surface area contributed by atoms with Crippen molar-refractivity contribution >= 4 is 17.3 Å². The number of benzene rings is 2. The Morgan fingerprint density at radius 2 is 1.64 bits per heavy atom. The van der Waals surface area contributed by atoms with Gasteiger partial charge in [-0.15, -0.1) is 0 Å². The zero-order valence-corrected chi connectivity index (χ0v) is 16.5. The van der Waals surface area contributed by atoms with Crippen molar-refractivity contribution in [2.75, 3.05) is 36.5 Å². The minimum absolute atomic E-state index is 0.322. The average Bonchev–Trinajstić information content (AvgIpc) is 2.69. The molecule has 0 saturated carbocycles. The molecule has 2 aromatic rings. The summed E-state index contributed by atoms with van der Waals surface area (Å²) >= 11 is 0. The van der Waals surface area contributed by atoms with Gasteiger partial charge in [-0.25, -0.2) is 4.39 Å². The molecule has 1 amide bonds. The quantitative estimate of drug-likeness (QED) is 0.738. The van der Waals surface area contributed by atoms with Crippen LogP contribution in [0.15, 0.2) is 36.4 Å². The van der Waals surface area contributed by atoms with Gasteiger partial charge >= 0.3 is 0 Å². The Bertz CT molecular complexity index is 795. The summed E-state index contributed by atoms with van der Waals surface area (Å²) in [5, 5.41) is 2.76. The second-order valence-electron chi connectivity index (χ2n) is 6.73. The van der Waals surface area contributed by atoms with Crippen LogP contribution in [-0.4, -0.2) is 32.2 Å². The fourth-order valence-corrected chi connectivity index (χ4v) is 3.38. The molecule has 1 saturated heterocycles. The van der Waals surface area contributed by atoms with Gasteiger partial charge in [-0.1, -0.05) is 0 Å². The van der Waals surface area contributed by atoms with Crippen LogP contribution in [0.2, 0.25) is 0 Å². The van der Waals surface area contributed by atoms with Crippen LogP contribution < -0.4 is 19.7 Å². The molecule has 28 heavy (non-hydrogen) atoms. The van der Waals surface area contributed by atoms with Crippen LogP contribution in [0.3, 0.4) is 0 Å². The lowest BCUT2D eigenvalue weighted by Gasteiger charge is -2.29. The normalized spacial score (nSPS) is 13.9. The fourth-order valence-electron chi connectivity index (χ4n) is 3.38. The number of hydrogen-bond donors (Lipinski definition) is 1. The van der Waals surface area contributed by atoms with Crippen molar-refractivity contribution in [2.45, 2.75) is 33.1 Å². The summed E-state index contributed by atoms with van der Waals surface area (Å²) in [6.07, 6.45) is 3.35. The van der Waals surface area contributed by atoms with E-state index in [9.17, 15) is 9.18 Å². The molecule has 1 N–H and O–H groups in total. The van der Waals surface area contributed by atoms with E-state index in [1.807, 2.05) is 13.8 Å². The average molecular weight is 386 g/mol. The number of ether oxygens (including phenoxy) is 2. The van der Waals surface area contributed by atoms with Crippen molar-refractivity contribution in [3.8, 4) is 11.5 Å². The molecule has 1 heterocycles. The molecule has 0 spiro atoms. The number of carbonyl (C=O) groups excluding carboxylic acids is 1. The van der Waals surface area contributed by atoms with Gasteiger partial charge in [-0.3, -0.25) is 4.79 Å². The van der Waals surface area contributed by atoms with Crippen LogP contribution >= 0.6 is 0 Å². The maximum absolute atomic E-state index is 14.6. The maximum Gasteiger partial charge on any atom is 0.255 e. The first kappa shape index (κ1) is 20.0. The molecule has 5 nitrogen and oxygen atoms in total. The number of rotatable bonds is 7. The van der Waals surface area contributed by atoms with Gasteiger partial charge in [0.25, 0.3) is 5.91 Å². The summed E-state index contributed by atoms with van der Waals surface area (Å²) in [4.78, 5) is 14.7. The summed E-state index contributed by atoms with van der Waals surface area (Å²) in [6.45, 7) is 6.46.